The van der Waals surface area contributed by atoms with Gasteiger partial charge in [-0.2, -0.15) is 0 Å². The molecule has 1 heterocycles. The van der Waals surface area contributed by atoms with Gasteiger partial charge < -0.3 is 4.98 Å². The first-order valence-corrected chi connectivity index (χ1v) is 8.33. The number of H-pyrrole nitrogens is 1. The van der Waals surface area contributed by atoms with Crippen molar-refractivity contribution in [1.29, 1.82) is 0 Å². The first-order valence-electron chi connectivity index (χ1n) is 8.33. The maximum atomic E-state index is 12.9. The minimum absolute atomic E-state index is 0.188. The molecule has 1 N–H and O–H groups in total. The van der Waals surface area contributed by atoms with Gasteiger partial charge in [-0.15, -0.1) is 0 Å². The number of pyridine rings is 1. The third-order valence-corrected chi connectivity index (χ3v) is 4.42. The summed E-state index contributed by atoms with van der Waals surface area (Å²) in [5.74, 6) is 0. The van der Waals surface area contributed by atoms with E-state index in [1.54, 1.807) is 0 Å². The van der Waals surface area contributed by atoms with E-state index < -0.39 is 0 Å². The van der Waals surface area contributed by atoms with E-state index >= 15 is 0 Å². The number of benzene rings is 1. The van der Waals surface area contributed by atoms with Crippen molar-refractivity contribution >= 4 is 10.9 Å². The van der Waals surface area contributed by atoms with Crippen LogP contribution in [-0.2, 0) is 6.54 Å². The van der Waals surface area contributed by atoms with Crippen LogP contribution in [0.4, 0.5) is 0 Å². The normalized spacial score (nSPS) is 11.5. The largest absolute Gasteiger partial charge is 0.358 e. The van der Waals surface area contributed by atoms with Crippen LogP contribution in [-0.4, -0.2) is 23.0 Å². The molecule has 0 unspecified atom stereocenters. The molecule has 0 atom stereocenters. The zero-order valence-corrected chi connectivity index (χ0v) is 14.5. The molecule has 3 nitrogen and oxygen atoms in total. The number of hydrogen-bond acceptors (Lipinski definition) is 2. The number of rotatable bonds is 6. The summed E-state index contributed by atoms with van der Waals surface area (Å²) < 4.78 is 0. The van der Waals surface area contributed by atoms with Crippen LogP contribution >= 0.6 is 0 Å². The zero-order chi connectivity index (χ0) is 16.3. The second kappa shape index (κ2) is 7.10. The number of fused-ring (bicyclic) bond motifs is 1. The number of nitrogens with one attached hydrogen (secondary N) is 1. The van der Waals surface area contributed by atoms with Gasteiger partial charge in [-0.05, 0) is 57.5 Å². The van der Waals surface area contributed by atoms with Crippen molar-refractivity contribution in [3.05, 3.63) is 44.7 Å². The minimum Gasteiger partial charge on any atom is -0.358 e. The molecule has 0 fully saturated rings. The average molecular weight is 300 g/mol. The van der Waals surface area contributed by atoms with Gasteiger partial charge in [0.15, 0.2) is 5.43 Å². The van der Waals surface area contributed by atoms with E-state index in [0.717, 1.165) is 52.9 Å². The van der Waals surface area contributed by atoms with Crippen molar-refractivity contribution in [3.63, 3.8) is 0 Å². The summed E-state index contributed by atoms with van der Waals surface area (Å²) in [4.78, 5) is 18.7. The predicted molar refractivity (Wildman–Crippen MR) is 94.6 cm³/mol. The topological polar surface area (TPSA) is 36.1 Å². The average Bonchev–Trinajstić information content (AvgIpc) is 2.48. The van der Waals surface area contributed by atoms with E-state index in [-0.39, 0.29) is 5.43 Å². The lowest BCUT2D eigenvalue weighted by molar-refractivity contribution is 0.274. The van der Waals surface area contributed by atoms with Crippen molar-refractivity contribution in [2.75, 3.05) is 13.1 Å². The highest BCUT2D eigenvalue weighted by atomic mass is 16.1. The van der Waals surface area contributed by atoms with Crippen LogP contribution in [0, 0.1) is 20.8 Å². The molecule has 2 aromatic rings. The Labute approximate surface area is 133 Å². The van der Waals surface area contributed by atoms with Gasteiger partial charge in [0.25, 0.3) is 0 Å². The smallest absolute Gasteiger partial charge is 0.194 e. The van der Waals surface area contributed by atoms with E-state index in [0.29, 0.717) is 0 Å². The number of unbranched alkanes of at least 4 members (excludes halogenated alkanes) is 1. The number of hydrogen-bond donors (Lipinski definition) is 1. The summed E-state index contributed by atoms with van der Waals surface area (Å²) in [6, 6.07) is 4.13. The molecule has 0 bridgehead atoms. The van der Waals surface area contributed by atoms with Crippen LogP contribution in [0.5, 0.6) is 0 Å². The molecule has 0 saturated carbocycles. The lowest BCUT2D eigenvalue weighted by Gasteiger charge is -2.21. The molecule has 22 heavy (non-hydrogen) atoms. The van der Waals surface area contributed by atoms with Gasteiger partial charge in [-0.25, -0.2) is 0 Å². The third kappa shape index (κ3) is 3.41. The van der Waals surface area contributed by atoms with Crippen LogP contribution in [0.2, 0.25) is 0 Å². The van der Waals surface area contributed by atoms with E-state index in [1.807, 2.05) is 19.9 Å². The lowest BCUT2D eigenvalue weighted by atomic mass is 10.0. The second-order valence-corrected chi connectivity index (χ2v) is 6.28. The van der Waals surface area contributed by atoms with Gasteiger partial charge in [0.1, 0.15) is 0 Å². The van der Waals surface area contributed by atoms with Crippen LogP contribution in [0.25, 0.3) is 10.9 Å². The molecular formula is C19H28N2O. The maximum absolute atomic E-state index is 12.9. The number of aryl methyl sites for hydroxylation is 3. The fourth-order valence-corrected chi connectivity index (χ4v) is 3.05. The van der Waals surface area contributed by atoms with Gasteiger partial charge in [-0.3, -0.25) is 9.69 Å². The first-order chi connectivity index (χ1) is 10.5. The van der Waals surface area contributed by atoms with E-state index in [2.05, 4.69) is 36.7 Å². The Balaban J connectivity index is 2.48. The van der Waals surface area contributed by atoms with Crippen molar-refractivity contribution in [2.24, 2.45) is 0 Å². The first kappa shape index (κ1) is 16.8. The van der Waals surface area contributed by atoms with E-state index in [4.69, 9.17) is 0 Å². The van der Waals surface area contributed by atoms with Crippen LogP contribution < -0.4 is 5.43 Å². The molecule has 3 heteroatoms. The summed E-state index contributed by atoms with van der Waals surface area (Å²) in [5.41, 5.74) is 5.36. The monoisotopic (exact) mass is 300 g/mol. The molecule has 0 aliphatic heterocycles. The summed E-state index contributed by atoms with van der Waals surface area (Å²) in [5, 5.41) is 0.824. The summed E-state index contributed by atoms with van der Waals surface area (Å²) in [6.07, 6.45) is 2.36. The van der Waals surface area contributed by atoms with Crippen molar-refractivity contribution < 1.29 is 0 Å². The summed E-state index contributed by atoms with van der Waals surface area (Å²) >= 11 is 0. The zero-order valence-electron chi connectivity index (χ0n) is 14.5. The number of aromatic amines is 1. The standard InChI is InChI=1S/C19H28N2O/c1-6-8-9-21(7-2)12-17-15(5)20-18-14(4)10-13(3)11-16(18)19(17)22/h10-11H,6-9,12H2,1-5H3,(H,20,22). The van der Waals surface area contributed by atoms with E-state index in [1.165, 1.54) is 12.8 Å². The molecule has 0 aliphatic rings. The van der Waals surface area contributed by atoms with Gasteiger partial charge in [0, 0.05) is 23.2 Å². The second-order valence-electron chi connectivity index (χ2n) is 6.28. The highest BCUT2D eigenvalue weighted by molar-refractivity contribution is 5.83. The fraction of sp³-hybridized carbons (Fsp3) is 0.526. The van der Waals surface area contributed by atoms with Crippen molar-refractivity contribution in [2.45, 2.75) is 54.0 Å². The predicted octanol–water partition coefficient (Wildman–Crippen LogP) is 4.08. The van der Waals surface area contributed by atoms with Crippen LogP contribution in [0.1, 0.15) is 49.1 Å². The van der Waals surface area contributed by atoms with E-state index in [9.17, 15) is 4.79 Å². The Morgan fingerprint density at radius 3 is 2.50 bits per heavy atom. The Bertz CT molecular complexity index is 715. The maximum Gasteiger partial charge on any atom is 0.194 e. The lowest BCUT2D eigenvalue weighted by Crippen LogP contribution is -2.28. The molecule has 0 aliphatic carbocycles. The van der Waals surface area contributed by atoms with Gasteiger partial charge in [0.2, 0.25) is 0 Å². The quantitative estimate of drug-likeness (QED) is 0.872. The van der Waals surface area contributed by atoms with Crippen molar-refractivity contribution in [3.8, 4) is 0 Å². The molecule has 1 aromatic carbocycles. The number of aromatic nitrogens is 1. The summed E-state index contributed by atoms with van der Waals surface area (Å²) in [6.45, 7) is 13.3. The molecule has 0 amide bonds. The van der Waals surface area contributed by atoms with Gasteiger partial charge in [0.05, 0.1) is 5.52 Å². The van der Waals surface area contributed by atoms with Gasteiger partial charge in [-0.1, -0.05) is 26.3 Å². The van der Waals surface area contributed by atoms with Crippen molar-refractivity contribution in [1.82, 2.24) is 9.88 Å². The highest BCUT2D eigenvalue weighted by Gasteiger charge is 2.14. The molecule has 0 radical (unpaired) electrons. The molecule has 1 aromatic heterocycles. The minimum atomic E-state index is 0.188. The van der Waals surface area contributed by atoms with Crippen LogP contribution in [0.15, 0.2) is 16.9 Å². The molecule has 2 rings (SSSR count). The number of nitrogens with zero attached hydrogens (tertiary/aromatic N) is 1. The molecule has 0 saturated heterocycles. The summed E-state index contributed by atoms with van der Waals surface area (Å²) in [7, 11) is 0. The Kier molecular flexibility index (Phi) is 5.41. The Morgan fingerprint density at radius 1 is 1.14 bits per heavy atom. The fourth-order valence-electron chi connectivity index (χ4n) is 3.05. The Morgan fingerprint density at radius 2 is 1.86 bits per heavy atom. The van der Waals surface area contributed by atoms with Gasteiger partial charge >= 0.3 is 0 Å². The highest BCUT2D eigenvalue weighted by Crippen LogP contribution is 2.18. The SMILES string of the molecule is CCCCN(CC)Cc1c(C)[nH]c2c(C)cc(C)cc2c1=O. The third-order valence-electron chi connectivity index (χ3n) is 4.42. The molecular weight excluding hydrogens is 272 g/mol. The molecule has 0 spiro atoms. The molecule has 120 valence electrons. The van der Waals surface area contributed by atoms with Crippen LogP contribution in [0.3, 0.4) is 0 Å². The Hall–Kier alpha value is -1.61.